The van der Waals surface area contributed by atoms with Crippen molar-refractivity contribution in [1.29, 1.82) is 0 Å². The fourth-order valence-corrected chi connectivity index (χ4v) is 2.14. The van der Waals surface area contributed by atoms with Gasteiger partial charge in [0.15, 0.2) is 5.96 Å². The summed E-state index contributed by atoms with van der Waals surface area (Å²) in [5, 5.41) is 10.5. The molecule has 3 rings (SSSR count). The van der Waals surface area contributed by atoms with Crippen LogP contribution in [0.3, 0.4) is 0 Å². The summed E-state index contributed by atoms with van der Waals surface area (Å²) in [5.74, 6) is 2.97. The summed E-state index contributed by atoms with van der Waals surface area (Å²) in [6.45, 7) is 1.97. The van der Waals surface area contributed by atoms with Crippen molar-refractivity contribution < 1.29 is 4.74 Å². The highest BCUT2D eigenvalue weighted by Crippen LogP contribution is 2.29. The minimum absolute atomic E-state index is 0.558. The molecule has 0 atom stereocenters. The number of nitrogens with zero attached hydrogens (tertiary/aromatic N) is 5. The van der Waals surface area contributed by atoms with Crippen molar-refractivity contribution in [3.63, 3.8) is 0 Å². The zero-order valence-electron chi connectivity index (χ0n) is 14.1. The van der Waals surface area contributed by atoms with Gasteiger partial charge in [0.25, 0.3) is 0 Å². The zero-order valence-corrected chi connectivity index (χ0v) is 14.1. The van der Waals surface area contributed by atoms with Gasteiger partial charge in [0, 0.05) is 32.9 Å². The summed E-state index contributed by atoms with van der Waals surface area (Å²) in [4.78, 5) is 12.7. The van der Waals surface area contributed by atoms with Gasteiger partial charge in [-0.1, -0.05) is 6.07 Å². The number of aromatic nitrogens is 4. The first kappa shape index (κ1) is 16.2. The van der Waals surface area contributed by atoms with E-state index in [1.54, 1.807) is 11.7 Å². The fourth-order valence-electron chi connectivity index (χ4n) is 2.14. The second-order valence-electron chi connectivity index (χ2n) is 5.84. The van der Waals surface area contributed by atoms with Gasteiger partial charge in [0.05, 0.1) is 13.2 Å². The SMILES string of the molecule is CN=C(NCc1ccc(OCC2CC2)nc1)NCc1ncnn1C. The first-order chi connectivity index (χ1) is 11.7. The lowest BCUT2D eigenvalue weighted by molar-refractivity contribution is 0.288. The van der Waals surface area contributed by atoms with Crippen LogP contribution in [0.5, 0.6) is 5.88 Å². The molecule has 1 saturated carbocycles. The van der Waals surface area contributed by atoms with E-state index in [1.165, 1.54) is 19.2 Å². The Labute approximate surface area is 141 Å². The maximum atomic E-state index is 5.64. The molecule has 0 aliphatic heterocycles. The van der Waals surface area contributed by atoms with Gasteiger partial charge in [-0.2, -0.15) is 5.10 Å². The van der Waals surface area contributed by atoms with E-state index in [2.05, 4.69) is 30.7 Å². The molecule has 8 heteroatoms. The largest absolute Gasteiger partial charge is 0.477 e. The molecule has 2 aromatic heterocycles. The van der Waals surface area contributed by atoms with E-state index >= 15 is 0 Å². The highest BCUT2D eigenvalue weighted by Gasteiger charge is 2.21. The van der Waals surface area contributed by atoms with Crippen LogP contribution in [0.1, 0.15) is 24.2 Å². The molecular weight excluding hydrogens is 306 g/mol. The van der Waals surface area contributed by atoms with Crippen molar-refractivity contribution in [3.8, 4) is 5.88 Å². The van der Waals surface area contributed by atoms with Gasteiger partial charge in [-0.05, 0) is 24.3 Å². The third-order valence-electron chi connectivity index (χ3n) is 3.86. The van der Waals surface area contributed by atoms with Crippen molar-refractivity contribution >= 4 is 5.96 Å². The molecule has 0 bridgehead atoms. The predicted molar refractivity (Wildman–Crippen MR) is 90.5 cm³/mol. The summed E-state index contributed by atoms with van der Waals surface area (Å²) in [5.41, 5.74) is 1.07. The van der Waals surface area contributed by atoms with Gasteiger partial charge in [-0.25, -0.2) is 9.97 Å². The topological polar surface area (TPSA) is 89.2 Å². The zero-order chi connectivity index (χ0) is 16.8. The molecule has 0 amide bonds. The van der Waals surface area contributed by atoms with Crippen LogP contribution < -0.4 is 15.4 Å². The van der Waals surface area contributed by atoms with E-state index in [4.69, 9.17) is 4.74 Å². The summed E-state index contributed by atoms with van der Waals surface area (Å²) in [6.07, 6.45) is 5.92. The molecule has 2 heterocycles. The number of aliphatic imine (C=N–C) groups is 1. The lowest BCUT2D eigenvalue weighted by Gasteiger charge is -2.11. The number of guanidine groups is 1. The Kier molecular flexibility index (Phi) is 5.25. The van der Waals surface area contributed by atoms with Crippen molar-refractivity contribution in [3.05, 3.63) is 36.0 Å². The second kappa shape index (κ2) is 7.76. The second-order valence-corrected chi connectivity index (χ2v) is 5.84. The van der Waals surface area contributed by atoms with Crippen LogP contribution in [0.15, 0.2) is 29.6 Å². The van der Waals surface area contributed by atoms with Crippen LogP contribution in [-0.4, -0.2) is 39.4 Å². The van der Waals surface area contributed by atoms with Crippen molar-refractivity contribution in [2.24, 2.45) is 18.0 Å². The Morgan fingerprint density at radius 1 is 1.29 bits per heavy atom. The van der Waals surface area contributed by atoms with Crippen molar-refractivity contribution in [2.75, 3.05) is 13.7 Å². The molecule has 0 unspecified atom stereocenters. The number of nitrogens with one attached hydrogen (secondary N) is 2. The van der Waals surface area contributed by atoms with Crippen LogP contribution in [0.2, 0.25) is 0 Å². The van der Waals surface area contributed by atoms with E-state index in [1.807, 2.05) is 25.4 Å². The molecule has 1 aliphatic carbocycles. The highest BCUT2D eigenvalue weighted by atomic mass is 16.5. The number of hydrogen-bond acceptors (Lipinski definition) is 5. The van der Waals surface area contributed by atoms with Gasteiger partial charge >= 0.3 is 0 Å². The third-order valence-corrected chi connectivity index (χ3v) is 3.86. The maximum Gasteiger partial charge on any atom is 0.213 e. The Balaban J connectivity index is 1.43. The van der Waals surface area contributed by atoms with Crippen LogP contribution >= 0.6 is 0 Å². The molecule has 8 nitrogen and oxygen atoms in total. The van der Waals surface area contributed by atoms with Gasteiger partial charge < -0.3 is 15.4 Å². The Hall–Kier alpha value is -2.64. The summed E-state index contributed by atoms with van der Waals surface area (Å²) < 4.78 is 7.37. The van der Waals surface area contributed by atoms with Crippen LogP contribution in [0.25, 0.3) is 0 Å². The van der Waals surface area contributed by atoms with E-state index in [9.17, 15) is 0 Å². The molecule has 128 valence electrons. The molecule has 0 saturated heterocycles. The molecule has 0 radical (unpaired) electrons. The lowest BCUT2D eigenvalue weighted by Crippen LogP contribution is -2.36. The lowest BCUT2D eigenvalue weighted by atomic mass is 10.3. The summed E-state index contributed by atoms with van der Waals surface area (Å²) in [6, 6.07) is 3.92. The number of pyridine rings is 1. The monoisotopic (exact) mass is 329 g/mol. The molecule has 2 aromatic rings. The Morgan fingerprint density at radius 2 is 2.12 bits per heavy atom. The molecular formula is C16H23N7O. The molecule has 1 fully saturated rings. The molecule has 0 aromatic carbocycles. The van der Waals surface area contributed by atoms with Crippen molar-refractivity contribution in [2.45, 2.75) is 25.9 Å². The molecule has 2 N–H and O–H groups in total. The first-order valence-corrected chi connectivity index (χ1v) is 8.09. The van der Waals surface area contributed by atoms with E-state index in [-0.39, 0.29) is 0 Å². The summed E-state index contributed by atoms with van der Waals surface area (Å²) in [7, 11) is 3.60. The molecule has 24 heavy (non-hydrogen) atoms. The van der Waals surface area contributed by atoms with Gasteiger partial charge in [0.1, 0.15) is 12.2 Å². The van der Waals surface area contributed by atoms with Crippen LogP contribution in [0.4, 0.5) is 0 Å². The van der Waals surface area contributed by atoms with Crippen LogP contribution in [-0.2, 0) is 20.1 Å². The first-order valence-electron chi connectivity index (χ1n) is 8.09. The van der Waals surface area contributed by atoms with Gasteiger partial charge in [-0.15, -0.1) is 0 Å². The fraction of sp³-hybridized carbons (Fsp3) is 0.500. The number of ether oxygens (including phenoxy) is 1. The minimum Gasteiger partial charge on any atom is -0.477 e. The average Bonchev–Trinajstić information content (AvgIpc) is 3.35. The van der Waals surface area contributed by atoms with Gasteiger partial charge in [-0.3, -0.25) is 9.67 Å². The predicted octanol–water partition coefficient (Wildman–Crippen LogP) is 0.864. The average molecular weight is 329 g/mol. The van der Waals surface area contributed by atoms with E-state index < -0.39 is 0 Å². The third kappa shape index (κ3) is 4.68. The van der Waals surface area contributed by atoms with Crippen LogP contribution in [0, 0.1) is 5.92 Å². The molecule has 0 spiro atoms. The van der Waals surface area contributed by atoms with Crippen molar-refractivity contribution in [1.82, 2.24) is 30.4 Å². The summed E-state index contributed by atoms with van der Waals surface area (Å²) >= 11 is 0. The highest BCUT2D eigenvalue weighted by molar-refractivity contribution is 5.79. The smallest absolute Gasteiger partial charge is 0.213 e. The quantitative estimate of drug-likeness (QED) is 0.579. The Morgan fingerprint density at radius 3 is 2.75 bits per heavy atom. The Bertz CT molecular complexity index is 676. The number of hydrogen-bond donors (Lipinski definition) is 2. The molecule has 1 aliphatic rings. The minimum atomic E-state index is 0.558. The maximum absolute atomic E-state index is 5.64. The normalized spacial score (nSPS) is 14.5. The van der Waals surface area contributed by atoms with E-state index in [0.717, 1.165) is 23.9 Å². The number of rotatable bonds is 7. The number of aryl methyl sites for hydroxylation is 1. The van der Waals surface area contributed by atoms with Gasteiger partial charge in [0.2, 0.25) is 5.88 Å². The van der Waals surface area contributed by atoms with E-state index in [0.29, 0.717) is 24.9 Å². The standard InChI is InChI=1S/C16H23N7O/c1-17-16(20-9-14-21-11-22-23(14)2)19-8-13-5-6-15(18-7-13)24-10-12-3-4-12/h5-7,11-12H,3-4,8-10H2,1-2H3,(H2,17,19,20).